The second-order valence-corrected chi connectivity index (χ2v) is 4.72. The first-order valence-corrected chi connectivity index (χ1v) is 5.86. The van der Waals surface area contributed by atoms with E-state index in [-0.39, 0.29) is 0 Å². The summed E-state index contributed by atoms with van der Waals surface area (Å²) < 4.78 is 0. The lowest BCUT2D eigenvalue weighted by Crippen LogP contribution is -1.90. The van der Waals surface area contributed by atoms with Crippen LogP contribution in [0.15, 0.2) is 43.5 Å². The van der Waals surface area contributed by atoms with Crippen LogP contribution in [0.5, 0.6) is 0 Å². The molecule has 0 atom stereocenters. The Hall–Kier alpha value is -1.82. The molecule has 0 N–H and O–H groups in total. The lowest BCUT2D eigenvalue weighted by molar-refractivity contribution is 1.49. The molecule has 2 rings (SSSR count). The van der Waals surface area contributed by atoms with Crippen LogP contribution in [0.4, 0.5) is 0 Å². The molecular weight excluding hydrogens is 204 g/mol. The summed E-state index contributed by atoms with van der Waals surface area (Å²) in [6, 6.07) is 10.7. The Kier molecular flexibility index (Phi) is 2.89. The first kappa shape index (κ1) is 11.7. The van der Waals surface area contributed by atoms with Crippen molar-refractivity contribution in [3.63, 3.8) is 0 Å². The van der Waals surface area contributed by atoms with Gasteiger partial charge in [-0.2, -0.15) is 0 Å². The quantitative estimate of drug-likeness (QED) is 0.654. The zero-order chi connectivity index (χ0) is 12.6. The summed E-state index contributed by atoms with van der Waals surface area (Å²) in [5.41, 5.74) is 5.95. The van der Waals surface area contributed by atoms with Gasteiger partial charge in [-0.1, -0.05) is 54.6 Å². The van der Waals surface area contributed by atoms with Gasteiger partial charge in [0.05, 0.1) is 0 Å². The van der Waals surface area contributed by atoms with Crippen LogP contribution in [0.1, 0.15) is 30.5 Å². The molecule has 0 unspecified atom stereocenters. The molecule has 0 aliphatic carbocycles. The topological polar surface area (TPSA) is 0 Å². The maximum Gasteiger partial charge on any atom is -0.00313 e. The average molecular weight is 222 g/mol. The van der Waals surface area contributed by atoms with E-state index in [1.807, 2.05) is 0 Å². The highest BCUT2D eigenvalue weighted by molar-refractivity contribution is 6.01. The van der Waals surface area contributed by atoms with Gasteiger partial charge in [0.1, 0.15) is 0 Å². The number of benzene rings is 2. The van der Waals surface area contributed by atoms with Crippen LogP contribution in [0.2, 0.25) is 0 Å². The SMILES string of the molecule is C=C(C)c1cccc2c(C)ccc(C(=C)C)c12. The summed E-state index contributed by atoms with van der Waals surface area (Å²) in [5, 5.41) is 2.58. The van der Waals surface area contributed by atoms with Crippen LogP contribution in [-0.4, -0.2) is 0 Å². The molecule has 0 radical (unpaired) electrons. The van der Waals surface area contributed by atoms with E-state index in [1.54, 1.807) is 0 Å². The van der Waals surface area contributed by atoms with Crippen molar-refractivity contribution in [3.8, 4) is 0 Å². The molecule has 17 heavy (non-hydrogen) atoms. The van der Waals surface area contributed by atoms with Crippen molar-refractivity contribution >= 4 is 21.9 Å². The smallest absolute Gasteiger partial charge is 0.00313 e. The van der Waals surface area contributed by atoms with E-state index in [1.165, 1.54) is 27.5 Å². The van der Waals surface area contributed by atoms with Gasteiger partial charge < -0.3 is 0 Å². The molecule has 2 aromatic rings. The second kappa shape index (κ2) is 4.21. The minimum atomic E-state index is 1.10. The molecule has 86 valence electrons. The van der Waals surface area contributed by atoms with E-state index < -0.39 is 0 Å². The molecule has 0 aliphatic rings. The van der Waals surface area contributed by atoms with Crippen LogP contribution < -0.4 is 0 Å². The lowest BCUT2D eigenvalue weighted by Gasteiger charge is -2.13. The monoisotopic (exact) mass is 222 g/mol. The van der Waals surface area contributed by atoms with Crippen molar-refractivity contribution in [1.29, 1.82) is 0 Å². The van der Waals surface area contributed by atoms with Crippen molar-refractivity contribution in [1.82, 2.24) is 0 Å². The number of rotatable bonds is 2. The normalized spacial score (nSPS) is 10.5. The largest absolute Gasteiger partial charge is 0.0955 e. The third-order valence-corrected chi connectivity index (χ3v) is 3.18. The molecular formula is C17H18. The van der Waals surface area contributed by atoms with Crippen LogP contribution >= 0.6 is 0 Å². The molecule has 0 bridgehead atoms. The number of hydrogen-bond acceptors (Lipinski definition) is 0. The van der Waals surface area contributed by atoms with Crippen molar-refractivity contribution in [2.75, 3.05) is 0 Å². The molecule has 0 fully saturated rings. The summed E-state index contributed by atoms with van der Waals surface area (Å²) in [4.78, 5) is 0. The number of hydrogen-bond donors (Lipinski definition) is 0. The van der Waals surface area contributed by atoms with Crippen molar-refractivity contribution in [2.24, 2.45) is 0 Å². The molecule has 0 heteroatoms. The van der Waals surface area contributed by atoms with Crippen LogP contribution in [0, 0.1) is 6.92 Å². The summed E-state index contributed by atoms with van der Waals surface area (Å²) in [6.07, 6.45) is 0. The highest BCUT2D eigenvalue weighted by Gasteiger charge is 2.09. The van der Waals surface area contributed by atoms with E-state index in [0.717, 1.165) is 11.1 Å². The molecule has 0 saturated carbocycles. The van der Waals surface area contributed by atoms with Crippen LogP contribution in [-0.2, 0) is 0 Å². The van der Waals surface area contributed by atoms with Gasteiger partial charge in [-0.05, 0) is 48.2 Å². The standard InChI is InChI=1S/C17H18/c1-11(2)14-7-6-8-16-13(5)9-10-15(12(3)4)17(14)16/h6-10H,1,3H2,2,4-5H3. The van der Waals surface area contributed by atoms with Gasteiger partial charge in [-0.25, -0.2) is 0 Å². The van der Waals surface area contributed by atoms with Crippen LogP contribution in [0.3, 0.4) is 0 Å². The molecule has 0 heterocycles. The van der Waals surface area contributed by atoms with Crippen molar-refractivity contribution < 1.29 is 0 Å². The highest BCUT2D eigenvalue weighted by atomic mass is 14.1. The zero-order valence-corrected chi connectivity index (χ0v) is 10.8. The Balaban J connectivity index is 2.99. The predicted octanol–water partition coefficient (Wildman–Crippen LogP) is 5.21. The summed E-state index contributed by atoms with van der Waals surface area (Å²) in [7, 11) is 0. The Morgan fingerprint density at radius 3 is 2.06 bits per heavy atom. The average Bonchev–Trinajstić information content (AvgIpc) is 2.28. The van der Waals surface area contributed by atoms with Gasteiger partial charge in [0, 0.05) is 0 Å². The van der Waals surface area contributed by atoms with Gasteiger partial charge >= 0.3 is 0 Å². The Morgan fingerprint density at radius 1 is 0.882 bits per heavy atom. The summed E-state index contributed by atoms with van der Waals surface area (Å²) >= 11 is 0. The summed E-state index contributed by atoms with van der Waals surface area (Å²) in [6.45, 7) is 14.4. The van der Waals surface area contributed by atoms with E-state index in [4.69, 9.17) is 0 Å². The molecule has 2 aromatic carbocycles. The molecule has 0 aromatic heterocycles. The Bertz CT molecular complexity index is 595. The van der Waals surface area contributed by atoms with Gasteiger partial charge in [0.25, 0.3) is 0 Å². The third-order valence-electron chi connectivity index (χ3n) is 3.18. The third kappa shape index (κ3) is 1.91. The van der Waals surface area contributed by atoms with E-state index in [2.05, 4.69) is 64.3 Å². The summed E-state index contributed by atoms with van der Waals surface area (Å²) in [5.74, 6) is 0. The molecule has 0 amide bonds. The zero-order valence-electron chi connectivity index (χ0n) is 10.8. The maximum atomic E-state index is 4.08. The van der Waals surface area contributed by atoms with E-state index in [0.29, 0.717) is 0 Å². The molecule has 0 spiro atoms. The number of allylic oxidation sites excluding steroid dienone is 2. The fourth-order valence-corrected chi connectivity index (χ4v) is 2.26. The van der Waals surface area contributed by atoms with E-state index in [9.17, 15) is 0 Å². The Labute approximate surface area is 103 Å². The minimum Gasteiger partial charge on any atom is -0.0955 e. The van der Waals surface area contributed by atoms with Gasteiger partial charge in [-0.3, -0.25) is 0 Å². The van der Waals surface area contributed by atoms with Crippen molar-refractivity contribution in [2.45, 2.75) is 20.8 Å². The van der Waals surface area contributed by atoms with Gasteiger partial charge in [0.2, 0.25) is 0 Å². The van der Waals surface area contributed by atoms with Gasteiger partial charge in [-0.15, -0.1) is 0 Å². The van der Waals surface area contributed by atoms with Crippen molar-refractivity contribution in [3.05, 3.63) is 60.2 Å². The predicted molar refractivity (Wildman–Crippen MR) is 78.1 cm³/mol. The molecule has 0 aliphatic heterocycles. The maximum absolute atomic E-state index is 4.08. The minimum absolute atomic E-state index is 1.10. The second-order valence-electron chi connectivity index (χ2n) is 4.72. The Morgan fingerprint density at radius 2 is 1.47 bits per heavy atom. The molecule has 0 nitrogen and oxygen atoms in total. The first-order valence-electron chi connectivity index (χ1n) is 5.86. The van der Waals surface area contributed by atoms with Crippen LogP contribution in [0.25, 0.3) is 21.9 Å². The van der Waals surface area contributed by atoms with E-state index >= 15 is 0 Å². The lowest BCUT2D eigenvalue weighted by atomic mass is 9.91. The fourth-order valence-electron chi connectivity index (χ4n) is 2.26. The van der Waals surface area contributed by atoms with Gasteiger partial charge in [0.15, 0.2) is 0 Å². The first-order chi connectivity index (χ1) is 8.02. The number of fused-ring (bicyclic) bond motifs is 1. The fraction of sp³-hybridized carbons (Fsp3) is 0.176. The molecule has 0 saturated heterocycles. The highest BCUT2D eigenvalue weighted by Crippen LogP contribution is 2.32. The number of aryl methyl sites for hydroxylation is 1.